The van der Waals surface area contributed by atoms with Crippen LogP contribution in [-0.4, -0.2) is 27.7 Å². The number of nitrogens with zero attached hydrogens (tertiary/aromatic N) is 2. The minimum Gasteiger partial charge on any atom is -0.391 e. The number of nitrogen functional groups attached to an aromatic ring is 1. The fourth-order valence-electron chi connectivity index (χ4n) is 1.28. The molecule has 0 amide bonds. The number of aliphatic hydroxyl groups excluding tert-OH is 1. The maximum Gasteiger partial charge on any atom is 0.144 e. The number of aliphatic hydroxyl groups is 1. The summed E-state index contributed by atoms with van der Waals surface area (Å²) in [6.45, 7) is 4.63. The molecule has 1 aromatic heterocycles. The third-order valence-corrected chi connectivity index (χ3v) is 1.93. The highest BCUT2D eigenvalue weighted by atomic mass is 16.3. The number of rotatable bonds is 5. The van der Waals surface area contributed by atoms with Crippen LogP contribution in [0.5, 0.6) is 0 Å². The van der Waals surface area contributed by atoms with E-state index in [0.717, 1.165) is 6.42 Å². The molecule has 1 atom stereocenters. The Morgan fingerprint density at radius 3 is 2.67 bits per heavy atom. The largest absolute Gasteiger partial charge is 0.391 e. The van der Waals surface area contributed by atoms with Gasteiger partial charge in [-0.15, -0.1) is 0 Å². The zero-order valence-electron chi connectivity index (χ0n) is 9.14. The van der Waals surface area contributed by atoms with E-state index in [1.807, 2.05) is 0 Å². The van der Waals surface area contributed by atoms with Gasteiger partial charge in [-0.1, -0.05) is 13.8 Å². The molecule has 0 aliphatic carbocycles. The van der Waals surface area contributed by atoms with Gasteiger partial charge in [0.25, 0.3) is 0 Å². The average Bonchev–Trinajstić information content (AvgIpc) is 2.16. The summed E-state index contributed by atoms with van der Waals surface area (Å²) in [6, 6.07) is 0. The maximum atomic E-state index is 9.60. The van der Waals surface area contributed by atoms with Gasteiger partial charge in [0, 0.05) is 6.54 Å². The summed E-state index contributed by atoms with van der Waals surface area (Å²) in [7, 11) is 0. The Morgan fingerprint density at radius 1 is 1.40 bits per heavy atom. The van der Waals surface area contributed by atoms with Crippen molar-refractivity contribution in [2.75, 3.05) is 17.6 Å². The quantitative estimate of drug-likeness (QED) is 0.671. The van der Waals surface area contributed by atoms with Crippen molar-refractivity contribution in [1.82, 2.24) is 9.97 Å². The number of nitrogens with one attached hydrogen (secondary N) is 1. The van der Waals surface area contributed by atoms with Crippen LogP contribution in [0, 0.1) is 5.92 Å². The molecule has 1 rings (SSSR count). The van der Waals surface area contributed by atoms with Gasteiger partial charge in [0.1, 0.15) is 11.6 Å². The zero-order valence-corrected chi connectivity index (χ0v) is 9.14. The molecule has 15 heavy (non-hydrogen) atoms. The van der Waals surface area contributed by atoms with E-state index >= 15 is 0 Å². The lowest BCUT2D eigenvalue weighted by molar-refractivity contribution is 0.161. The van der Waals surface area contributed by atoms with Gasteiger partial charge >= 0.3 is 0 Å². The van der Waals surface area contributed by atoms with Crippen molar-refractivity contribution in [2.24, 2.45) is 5.92 Å². The third kappa shape index (κ3) is 4.60. The van der Waals surface area contributed by atoms with Crippen molar-refractivity contribution in [3.63, 3.8) is 0 Å². The number of hydrogen-bond acceptors (Lipinski definition) is 5. The zero-order chi connectivity index (χ0) is 11.3. The van der Waals surface area contributed by atoms with Crippen LogP contribution in [0.3, 0.4) is 0 Å². The Labute approximate surface area is 89.7 Å². The van der Waals surface area contributed by atoms with Crippen LogP contribution in [-0.2, 0) is 0 Å². The molecule has 0 bridgehead atoms. The first kappa shape index (κ1) is 11.7. The predicted octanol–water partition coefficient (Wildman–Crippen LogP) is 0.878. The summed E-state index contributed by atoms with van der Waals surface area (Å²) < 4.78 is 0. The van der Waals surface area contributed by atoms with E-state index < -0.39 is 0 Å². The first-order valence-electron chi connectivity index (χ1n) is 5.07. The summed E-state index contributed by atoms with van der Waals surface area (Å²) in [5.74, 6) is 1.51. The Morgan fingerprint density at radius 2 is 2.13 bits per heavy atom. The Balaban J connectivity index is 2.33. The summed E-state index contributed by atoms with van der Waals surface area (Å²) in [4.78, 5) is 7.91. The van der Waals surface area contributed by atoms with Gasteiger partial charge in [-0.2, -0.15) is 0 Å². The predicted molar refractivity (Wildman–Crippen MR) is 60.4 cm³/mol. The van der Waals surface area contributed by atoms with Gasteiger partial charge in [0.05, 0.1) is 18.5 Å². The number of aromatic nitrogens is 2. The maximum absolute atomic E-state index is 9.60. The van der Waals surface area contributed by atoms with Crippen molar-refractivity contribution in [3.05, 3.63) is 12.4 Å². The standard InChI is InChI=1S/C10H18N4O/c1-7(2)3-8(15)4-13-10-6-12-9(11)5-14-10/h5-8,15H,3-4H2,1-2H3,(H2,11,12)(H,13,14). The van der Waals surface area contributed by atoms with Gasteiger partial charge in [-0.25, -0.2) is 9.97 Å². The summed E-state index contributed by atoms with van der Waals surface area (Å²) >= 11 is 0. The number of nitrogens with two attached hydrogens (primary N) is 1. The fourth-order valence-corrected chi connectivity index (χ4v) is 1.28. The molecule has 0 aliphatic heterocycles. The molecule has 0 aliphatic rings. The lowest BCUT2D eigenvalue weighted by atomic mass is 10.1. The second-order valence-electron chi connectivity index (χ2n) is 3.99. The lowest BCUT2D eigenvalue weighted by Gasteiger charge is -2.13. The van der Waals surface area contributed by atoms with E-state index in [4.69, 9.17) is 5.73 Å². The molecule has 84 valence electrons. The smallest absolute Gasteiger partial charge is 0.144 e. The van der Waals surface area contributed by atoms with Crippen LogP contribution in [0.2, 0.25) is 0 Å². The highest BCUT2D eigenvalue weighted by Crippen LogP contribution is 2.06. The molecule has 4 N–H and O–H groups in total. The fraction of sp³-hybridized carbons (Fsp3) is 0.600. The third-order valence-electron chi connectivity index (χ3n) is 1.93. The van der Waals surface area contributed by atoms with Crippen LogP contribution >= 0.6 is 0 Å². The molecule has 5 nitrogen and oxygen atoms in total. The molecule has 0 spiro atoms. The Bertz CT molecular complexity index is 286. The Kier molecular flexibility index (Phi) is 4.30. The molecule has 0 aromatic carbocycles. The number of hydrogen-bond donors (Lipinski definition) is 3. The van der Waals surface area contributed by atoms with Gasteiger partial charge in [0.2, 0.25) is 0 Å². The lowest BCUT2D eigenvalue weighted by Crippen LogP contribution is -2.21. The summed E-state index contributed by atoms with van der Waals surface area (Å²) in [5.41, 5.74) is 5.40. The molecule has 0 fully saturated rings. The monoisotopic (exact) mass is 210 g/mol. The normalized spacial score (nSPS) is 12.8. The van der Waals surface area contributed by atoms with Crippen LogP contribution in [0.1, 0.15) is 20.3 Å². The second kappa shape index (κ2) is 5.50. The van der Waals surface area contributed by atoms with Crippen LogP contribution in [0.25, 0.3) is 0 Å². The van der Waals surface area contributed by atoms with E-state index in [1.54, 1.807) is 6.20 Å². The topological polar surface area (TPSA) is 84.1 Å². The second-order valence-corrected chi connectivity index (χ2v) is 3.99. The highest BCUT2D eigenvalue weighted by Gasteiger charge is 2.06. The van der Waals surface area contributed by atoms with Gasteiger partial charge in [-0.05, 0) is 12.3 Å². The molecular formula is C10H18N4O. The highest BCUT2D eigenvalue weighted by molar-refractivity contribution is 5.35. The van der Waals surface area contributed by atoms with E-state index in [-0.39, 0.29) is 6.10 Å². The van der Waals surface area contributed by atoms with Crippen LogP contribution in [0.15, 0.2) is 12.4 Å². The van der Waals surface area contributed by atoms with Crippen LogP contribution in [0.4, 0.5) is 11.6 Å². The van der Waals surface area contributed by atoms with Crippen molar-refractivity contribution in [1.29, 1.82) is 0 Å². The first-order chi connectivity index (χ1) is 7.08. The van der Waals surface area contributed by atoms with Crippen LogP contribution < -0.4 is 11.1 Å². The summed E-state index contributed by atoms with van der Waals surface area (Å²) in [5, 5.41) is 12.6. The average molecular weight is 210 g/mol. The molecule has 0 saturated carbocycles. The first-order valence-corrected chi connectivity index (χ1v) is 5.07. The molecule has 1 aromatic rings. The summed E-state index contributed by atoms with van der Waals surface area (Å²) in [6.07, 6.45) is 3.45. The van der Waals surface area contributed by atoms with E-state index in [9.17, 15) is 5.11 Å². The molecule has 1 unspecified atom stereocenters. The molecule has 1 heterocycles. The Hall–Kier alpha value is -1.36. The SMILES string of the molecule is CC(C)CC(O)CNc1cnc(N)cn1. The van der Waals surface area contributed by atoms with Gasteiger partial charge in [0.15, 0.2) is 0 Å². The van der Waals surface area contributed by atoms with E-state index in [0.29, 0.717) is 24.1 Å². The van der Waals surface area contributed by atoms with Crippen molar-refractivity contribution in [3.8, 4) is 0 Å². The molecule has 0 saturated heterocycles. The molecule has 5 heteroatoms. The van der Waals surface area contributed by atoms with Crippen molar-refractivity contribution >= 4 is 11.6 Å². The van der Waals surface area contributed by atoms with Gasteiger partial charge in [-0.3, -0.25) is 0 Å². The molecular weight excluding hydrogens is 192 g/mol. The van der Waals surface area contributed by atoms with E-state index in [1.165, 1.54) is 6.20 Å². The van der Waals surface area contributed by atoms with Gasteiger partial charge < -0.3 is 16.2 Å². The molecule has 0 radical (unpaired) electrons. The van der Waals surface area contributed by atoms with Crippen molar-refractivity contribution < 1.29 is 5.11 Å². The minimum atomic E-state index is -0.357. The van der Waals surface area contributed by atoms with E-state index in [2.05, 4.69) is 29.1 Å². The number of anilines is 2. The minimum absolute atomic E-state index is 0.357. The van der Waals surface area contributed by atoms with Crippen molar-refractivity contribution in [2.45, 2.75) is 26.4 Å².